The smallest absolute Gasteiger partial charge is 0.239 e. The number of nitrogens with zero attached hydrogens (tertiary/aromatic N) is 3. The lowest BCUT2D eigenvalue weighted by Crippen LogP contribution is -2.40. The molecular formula is C12H21N5O. The Labute approximate surface area is 108 Å². The molecule has 3 N–H and O–H groups in total. The lowest BCUT2D eigenvalue weighted by atomic mass is 10.3. The van der Waals surface area contributed by atoms with Gasteiger partial charge in [-0.2, -0.15) is 0 Å². The number of nitrogens with one attached hydrogen (secondary N) is 1. The first-order valence-corrected chi connectivity index (χ1v) is 6.07. The largest absolute Gasteiger partial charge is 0.383 e. The minimum Gasteiger partial charge on any atom is -0.383 e. The van der Waals surface area contributed by atoms with Crippen molar-refractivity contribution < 1.29 is 4.79 Å². The minimum atomic E-state index is -0.0246. The molecule has 1 aromatic heterocycles. The van der Waals surface area contributed by atoms with E-state index in [9.17, 15) is 4.79 Å². The third kappa shape index (κ3) is 3.58. The van der Waals surface area contributed by atoms with Gasteiger partial charge in [0.1, 0.15) is 18.0 Å². The second-order valence-corrected chi connectivity index (χ2v) is 4.44. The van der Waals surface area contributed by atoms with Crippen molar-refractivity contribution in [1.82, 2.24) is 15.3 Å². The molecule has 0 spiro atoms. The number of carbonyl (C=O) groups is 1. The zero-order valence-electron chi connectivity index (χ0n) is 11.4. The highest BCUT2D eigenvalue weighted by atomic mass is 16.2. The zero-order chi connectivity index (χ0) is 13.7. The number of nitrogen functional groups attached to an aromatic ring is 1. The van der Waals surface area contributed by atoms with Gasteiger partial charge in [0.25, 0.3) is 0 Å². The van der Waals surface area contributed by atoms with E-state index in [0.29, 0.717) is 18.2 Å². The Morgan fingerprint density at radius 3 is 2.72 bits per heavy atom. The van der Waals surface area contributed by atoms with E-state index in [1.165, 1.54) is 6.33 Å². The molecule has 0 radical (unpaired) electrons. The highest BCUT2D eigenvalue weighted by Crippen LogP contribution is 2.19. The maximum Gasteiger partial charge on any atom is 0.239 e. The van der Waals surface area contributed by atoms with Crippen LogP contribution < -0.4 is 16.0 Å². The Balaban J connectivity index is 2.83. The van der Waals surface area contributed by atoms with Gasteiger partial charge in [-0.1, -0.05) is 0 Å². The normalized spacial score (nSPS) is 10.5. The van der Waals surface area contributed by atoms with Crippen molar-refractivity contribution in [3.63, 3.8) is 0 Å². The Kier molecular flexibility index (Phi) is 4.88. The van der Waals surface area contributed by atoms with E-state index in [-0.39, 0.29) is 18.5 Å². The molecule has 18 heavy (non-hydrogen) atoms. The predicted octanol–water partition coefficient (Wildman–Crippen LogP) is 0.718. The summed E-state index contributed by atoms with van der Waals surface area (Å²) in [6, 6.07) is 0.132. The topological polar surface area (TPSA) is 84.1 Å². The molecule has 6 nitrogen and oxygen atoms in total. The van der Waals surface area contributed by atoms with Crippen LogP contribution >= 0.6 is 0 Å². The first kappa shape index (κ1) is 14.2. The lowest BCUT2D eigenvalue weighted by molar-refractivity contribution is -0.120. The quantitative estimate of drug-likeness (QED) is 0.805. The first-order valence-electron chi connectivity index (χ1n) is 6.07. The van der Waals surface area contributed by atoms with Crippen LogP contribution in [0.15, 0.2) is 6.33 Å². The van der Waals surface area contributed by atoms with E-state index in [2.05, 4.69) is 15.3 Å². The summed E-state index contributed by atoms with van der Waals surface area (Å²) in [5, 5.41) is 2.86. The average Bonchev–Trinajstić information content (AvgIpc) is 2.29. The van der Waals surface area contributed by atoms with Crippen molar-refractivity contribution in [2.75, 3.05) is 23.7 Å². The molecule has 0 atom stereocenters. The van der Waals surface area contributed by atoms with Crippen LogP contribution in [-0.2, 0) is 4.79 Å². The van der Waals surface area contributed by atoms with Crippen LogP contribution in [0.4, 0.5) is 11.6 Å². The summed E-state index contributed by atoms with van der Waals surface area (Å²) < 4.78 is 0. The summed E-state index contributed by atoms with van der Waals surface area (Å²) in [6.07, 6.45) is 1.42. The van der Waals surface area contributed by atoms with Gasteiger partial charge in [0.05, 0.1) is 6.54 Å². The van der Waals surface area contributed by atoms with Crippen LogP contribution in [-0.4, -0.2) is 35.0 Å². The number of hydrogen-bond acceptors (Lipinski definition) is 5. The van der Waals surface area contributed by atoms with Gasteiger partial charge in [-0.05, 0) is 27.7 Å². The van der Waals surface area contributed by atoms with Gasteiger partial charge in [0.2, 0.25) is 5.91 Å². The summed E-state index contributed by atoms with van der Waals surface area (Å²) in [5.74, 6) is 1.13. The molecule has 0 unspecified atom stereocenters. The molecule has 6 heteroatoms. The van der Waals surface area contributed by atoms with Crippen LogP contribution in [0.25, 0.3) is 0 Å². The fourth-order valence-electron chi connectivity index (χ4n) is 1.65. The fraction of sp³-hybridized carbons (Fsp3) is 0.583. The number of rotatable bonds is 5. The molecule has 0 saturated carbocycles. The molecule has 1 rings (SSSR count). The summed E-state index contributed by atoms with van der Waals surface area (Å²) in [4.78, 5) is 21.8. The first-order chi connectivity index (χ1) is 8.45. The molecule has 0 bridgehead atoms. The summed E-state index contributed by atoms with van der Waals surface area (Å²) >= 11 is 0. The Morgan fingerprint density at radius 1 is 1.50 bits per heavy atom. The van der Waals surface area contributed by atoms with Crippen molar-refractivity contribution in [3.05, 3.63) is 11.9 Å². The van der Waals surface area contributed by atoms with Gasteiger partial charge < -0.3 is 16.0 Å². The monoisotopic (exact) mass is 251 g/mol. The summed E-state index contributed by atoms with van der Waals surface area (Å²) in [7, 11) is 0. The van der Waals surface area contributed by atoms with Gasteiger partial charge in [-0.25, -0.2) is 9.97 Å². The number of nitrogens with two attached hydrogens (primary N) is 1. The van der Waals surface area contributed by atoms with Crippen molar-refractivity contribution in [3.8, 4) is 0 Å². The van der Waals surface area contributed by atoms with E-state index >= 15 is 0 Å². The van der Waals surface area contributed by atoms with Crippen molar-refractivity contribution in [2.24, 2.45) is 0 Å². The van der Waals surface area contributed by atoms with E-state index in [0.717, 1.165) is 5.56 Å². The highest BCUT2D eigenvalue weighted by molar-refractivity contribution is 5.81. The fourth-order valence-corrected chi connectivity index (χ4v) is 1.65. The lowest BCUT2D eigenvalue weighted by Gasteiger charge is -2.23. The van der Waals surface area contributed by atoms with Crippen LogP contribution in [0.3, 0.4) is 0 Å². The second kappa shape index (κ2) is 6.18. The number of amides is 1. The molecule has 0 aliphatic heterocycles. The van der Waals surface area contributed by atoms with Crippen LogP contribution in [0.5, 0.6) is 0 Å². The van der Waals surface area contributed by atoms with E-state index in [1.807, 2.05) is 32.6 Å². The Bertz CT molecular complexity index is 419. The van der Waals surface area contributed by atoms with Gasteiger partial charge in [0, 0.05) is 18.2 Å². The van der Waals surface area contributed by atoms with Crippen molar-refractivity contribution >= 4 is 17.5 Å². The summed E-state index contributed by atoms with van der Waals surface area (Å²) in [6.45, 7) is 8.65. The number of likely N-dealkylation sites (N-methyl/N-ethyl adjacent to an activating group) is 1. The molecule has 0 aromatic carbocycles. The van der Waals surface area contributed by atoms with E-state index < -0.39 is 0 Å². The Morgan fingerprint density at radius 2 is 2.17 bits per heavy atom. The Hall–Kier alpha value is -1.85. The van der Waals surface area contributed by atoms with Gasteiger partial charge in [-0.3, -0.25) is 4.79 Å². The summed E-state index contributed by atoms with van der Waals surface area (Å²) in [5.41, 5.74) is 6.55. The minimum absolute atomic E-state index is 0.0246. The molecule has 1 amide bonds. The van der Waals surface area contributed by atoms with E-state index in [1.54, 1.807) is 0 Å². The molecule has 1 heterocycles. The molecule has 0 aliphatic rings. The molecule has 100 valence electrons. The SMILES string of the molecule is CCN(CC(=O)NC(C)C)c1ncnc(N)c1C. The number of anilines is 2. The number of aromatic nitrogens is 2. The van der Waals surface area contributed by atoms with E-state index in [4.69, 9.17) is 5.73 Å². The van der Waals surface area contributed by atoms with Gasteiger partial charge in [0.15, 0.2) is 0 Å². The average molecular weight is 251 g/mol. The number of hydrogen-bond donors (Lipinski definition) is 2. The predicted molar refractivity (Wildman–Crippen MR) is 72.3 cm³/mol. The maximum atomic E-state index is 11.8. The molecule has 1 aromatic rings. The van der Waals surface area contributed by atoms with Gasteiger partial charge >= 0.3 is 0 Å². The van der Waals surface area contributed by atoms with Crippen LogP contribution in [0.2, 0.25) is 0 Å². The van der Waals surface area contributed by atoms with Crippen LogP contribution in [0.1, 0.15) is 26.3 Å². The molecule has 0 aliphatic carbocycles. The standard InChI is InChI=1S/C12H21N5O/c1-5-17(6-10(18)16-8(2)3)12-9(4)11(13)14-7-15-12/h7-8H,5-6H2,1-4H3,(H,16,18)(H2,13,14,15). The maximum absolute atomic E-state index is 11.8. The molecule has 0 saturated heterocycles. The molecule has 0 fully saturated rings. The molecular weight excluding hydrogens is 230 g/mol. The third-order valence-corrected chi connectivity index (χ3v) is 2.56. The highest BCUT2D eigenvalue weighted by Gasteiger charge is 2.15. The second-order valence-electron chi connectivity index (χ2n) is 4.44. The van der Waals surface area contributed by atoms with Crippen molar-refractivity contribution in [1.29, 1.82) is 0 Å². The van der Waals surface area contributed by atoms with Crippen molar-refractivity contribution in [2.45, 2.75) is 33.7 Å². The number of carbonyl (C=O) groups excluding carboxylic acids is 1. The van der Waals surface area contributed by atoms with Gasteiger partial charge in [-0.15, -0.1) is 0 Å². The third-order valence-electron chi connectivity index (χ3n) is 2.56. The zero-order valence-corrected chi connectivity index (χ0v) is 11.4. The van der Waals surface area contributed by atoms with Crippen LogP contribution in [0, 0.1) is 6.92 Å².